The number of anilines is 1. The smallest absolute Gasteiger partial charge is 0.253 e. The normalized spacial score (nSPS) is 20.8. The monoisotopic (exact) mass is 217 g/mol. The van der Waals surface area contributed by atoms with Crippen molar-refractivity contribution in [3.8, 4) is 0 Å². The van der Waals surface area contributed by atoms with Crippen molar-refractivity contribution >= 4 is 34.5 Å². The number of carbonyl (C=O) groups is 1. The van der Waals surface area contributed by atoms with E-state index < -0.39 is 0 Å². The molecule has 1 fully saturated rings. The summed E-state index contributed by atoms with van der Waals surface area (Å²) in [6.07, 6.45) is 0.518. The van der Waals surface area contributed by atoms with Gasteiger partial charge in [-0.05, 0) is 11.4 Å². The van der Waals surface area contributed by atoms with Gasteiger partial charge in [-0.3, -0.25) is 4.79 Å². The van der Waals surface area contributed by atoms with Crippen molar-refractivity contribution in [2.45, 2.75) is 12.5 Å². The molecule has 1 aliphatic rings. The van der Waals surface area contributed by atoms with Crippen LogP contribution in [0.4, 0.5) is 5.69 Å². The Bertz CT molecular complexity index is 322. The molecule has 0 bridgehead atoms. The number of ether oxygens (including phenoxy) is 1. The molecule has 1 saturated heterocycles. The predicted octanol–water partition coefficient (Wildman–Crippen LogP) is 2.13. The van der Waals surface area contributed by atoms with Crippen LogP contribution in [0.3, 0.4) is 0 Å². The summed E-state index contributed by atoms with van der Waals surface area (Å²) in [6, 6.07) is 1.78. The maximum absolute atomic E-state index is 11.4. The number of thiophene rings is 1. The fraction of sp³-hybridized carbons (Fsp3) is 0.375. The van der Waals surface area contributed by atoms with Gasteiger partial charge in [-0.1, -0.05) is 11.6 Å². The first-order valence-electron chi connectivity index (χ1n) is 3.93. The fourth-order valence-corrected chi connectivity index (χ4v) is 1.87. The number of halogens is 1. The Morgan fingerprint density at radius 1 is 1.77 bits per heavy atom. The van der Waals surface area contributed by atoms with E-state index in [0.29, 0.717) is 16.6 Å². The number of amides is 1. The highest BCUT2D eigenvalue weighted by atomic mass is 35.5. The van der Waals surface area contributed by atoms with Crippen molar-refractivity contribution in [2.75, 3.05) is 11.9 Å². The van der Waals surface area contributed by atoms with Crippen LogP contribution in [0.25, 0.3) is 0 Å². The minimum Gasteiger partial charge on any atom is -0.368 e. The maximum atomic E-state index is 11.4. The van der Waals surface area contributed by atoms with Crippen LogP contribution in [-0.4, -0.2) is 18.6 Å². The van der Waals surface area contributed by atoms with Crippen molar-refractivity contribution in [1.29, 1.82) is 0 Å². The van der Waals surface area contributed by atoms with Crippen molar-refractivity contribution in [3.05, 3.63) is 15.8 Å². The summed E-state index contributed by atoms with van der Waals surface area (Å²) in [6.45, 7) is 0.676. The topological polar surface area (TPSA) is 38.3 Å². The first kappa shape index (κ1) is 8.99. The molecular formula is C8H8ClNO2S. The Morgan fingerprint density at radius 3 is 3.00 bits per heavy atom. The minimum absolute atomic E-state index is 0.105. The Hall–Kier alpha value is -0.580. The van der Waals surface area contributed by atoms with Gasteiger partial charge in [0.25, 0.3) is 5.91 Å². The lowest BCUT2D eigenvalue weighted by atomic mass is 10.2. The summed E-state index contributed by atoms with van der Waals surface area (Å²) < 4.78 is 5.63. The van der Waals surface area contributed by atoms with Gasteiger partial charge in [0, 0.05) is 6.42 Å². The van der Waals surface area contributed by atoms with Gasteiger partial charge >= 0.3 is 0 Å². The molecule has 0 spiro atoms. The van der Waals surface area contributed by atoms with E-state index in [2.05, 4.69) is 5.32 Å². The van der Waals surface area contributed by atoms with Crippen molar-refractivity contribution in [2.24, 2.45) is 0 Å². The van der Waals surface area contributed by atoms with Crippen LogP contribution < -0.4 is 5.32 Å². The highest BCUT2D eigenvalue weighted by molar-refractivity contribution is 7.15. The molecule has 0 radical (unpaired) electrons. The zero-order chi connectivity index (χ0) is 9.26. The van der Waals surface area contributed by atoms with Crippen LogP contribution >= 0.6 is 22.9 Å². The Labute approximate surface area is 84.7 Å². The number of nitrogens with one attached hydrogen (secondary N) is 1. The molecule has 1 amide bonds. The molecule has 3 nitrogen and oxygen atoms in total. The SMILES string of the molecule is O=C(Nc1ccsc1Cl)C1CCO1. The number of rotatable bonds is 2. The summed E-state index contributed by atoms with van der Waals surface area (Å²) in [5.41, 5.74) is 0.673. The summed E-state index contributed by atoms with van der Waals surface area (Å²) >= 11 is 7.21. The molecular weight excluding hydrogens is 210 g/mol. The summed E-state index contributed by atoms with van der Waals surface area (Å²) in [5, 5.41) is 4.54. The lowest BCUT2D eigenvalue weighted by molar-refractivity contribution is -0.139. The zero-order valence-electron chi connectivity index (χ0n) is 6.75. The van der Waals surface area contributed by atoms with Crippen molar-refractivity contribution in [1.82, 2.24) is 0 Å². The minimum atomic E-state index is -0.282. The van der Waals surface area contributed by atoms with Crippen molar-refractivity contribution in [3.63, 3.8) is 0 Å². The van der Waals surface area contributed by atoms with E-state index in [1.165, 1.54) is 11.3 Å². The van der Waals surface area contributed by atoms with Crippen LogP contribution in [0.15, 0.2) is 11.4 Å². The molecule has 13 heavy (non-hydrogen) atoms. The third kappa shape index (κ3) is 1.85. The molecule has 1 unspecified atom stereocenters. The lowest BCUT2D eigenvalue weighted by Gasteiger charge is -2.24. The second kappa shape index (κ2) is 3.65. The first-order valence-corrected chi connectivity index (χ1v) is 5.18. The average molecular weight is 218 g/mol. The van der Waals surface area contributed by atoms with E-state index in [1.54, 1.807) is 6.07 Å². The van der Waals surface area contributed by atoms with Crippen LogP contribution in [0.1, 0.15) is 6.42 Å². The third-order valence-corrected chi connectivity index (χ3v) is 3.04. The predicted molar refractivity (Wildman–Crippen MR) is 52.3 cm³/mol. The molecule has 5 heteroatoms. The van der Waals surface area contributed by atoms with E-state index in [0.717, 1.165) is 6.42 Å². The molecule has 1 N–H and O–H groups in total. The molecule has 2 heterocycles. The van der Waals surface area contributed by atoms with Gasteiger partial charge in [-0.25, -0.2) is 0 Å². The van der Waals surface area contributed by atoms with Gasteiger partial charge in [0.05, 0.1) is 12.3 Å². The van der Waals surface area contributed by atoms with Crippen LogP contribution in [0.5, 0.6) is 0 Å². The molecule has 2 rings (SSSR count). The number of hydrogen-bond donors (Lipinski definition) is 1. The average Bonchev–Trinajstić information content (AvgIpc) is 2.32. The van der Waals surface area contributed by atoms with E-state index in [9.17, 15) is 4.79 Å². The van der Waals surface area contributed by atoms with E-state index >= 15 is 0 Å². The Morgan fingerprint density at radius 2 is 2.54 bits per heavy atom. The molecule has 0 aliphatic carbocycles. The van der Waals surface area contributed by atoms with E-state index in [4.69, 9.17) is 16.3 Å². The quantitative estimate of drug-likeness (QED) is 0.824. The van der Waals surface area contributed by atoms with E-state index in [1.807, 2.05) is 5.38 Å². The third-order valence-electron chi connectivity index (χ3n) is 1.87. The van der Waals surface area contributed by atoms with Gasteiger partial charge in [0.1, 0.15) is 10.4 Å². The van der Waals surface area contributed by atoms with Gasteiger partial charge in [0.2, 0.25) is 0 Å². The molecule has 1 aromatic heterocycles. The van der Waals surface area contributed by atoms with Gasteiger partial charge in [-0.2, -0.15) is 0 Å². The lowest BCUT2D eigenvalue weighted by Crippen LogP contribution is -2.38. The molecule has 70 valence electrons. The second-order valence-electron chi connectivity index (χ2n) is 2.75. The molecule has 1 aliphatic heterocycles. The highest BCUT2D eigenvalue weighted by Crippen LogP contribution is 2.28. The Kier molecular flexibility index (Phi) is 2.53. The maximum Gasteiger partial charge on any atom is 0.253 e. The van der Waals surface area contributed by atoms with Crippen molar-refractivity contribution < 1.29 is 9.53 Å². The van der Waals surface area contributed by atoms with Crippen LogP contribution in [-0.2, 0) is 9.53 Å². The second-order valence-corrected chi connectivity index (χ2v) is 4.26. The fourth-order valence-electron chi connectivity index (χ4n) is 1.04. The highest BCUT2D eigenvalue weighted by Gasteiger charge is 2.26. The summed E-state index contributed by atoms with van der Waals surface area (Å²) in [4.78, 5) is 11.4. The molecule has 1 aromatic rings. The van der Waals surface area contributed by atoms with Crippen LogP contribution in [0.2, 0.25) is 4.34 Å². The largest absolute Gasteiger partial charge is 0.368 e. The summed E-state index contributed by atoms with van der Waals surface area (Å²) in [5.74, 6) is -0.105. The molecule has 1 atom stereocenters. The van der Waals surface area contributed by atoms with Gasteiger partial charge in [0.15, 0.2) is 0 Å². The van der Waals surface area contributed by atoms with Crippen LogP contribution in [0, 0.1) is 0 Å². The number of hydrogen-bond acceptors (Lipinski definition) is 3. The summed E-state index contributed by atoms with van der Waals surface area (Å²) in [7, 11) is 0. The van der Waals surface area contributed by atoms with E-state index in [-0.39, 0.29) is 12.0 Å². The zero-order valence-corrected chi connectivity index (χ0v) is 8.32. The first-order chi connectivity index (χ1) is 6.27. The number of carbonyl (C=O) groups excluding carboxylic acids is 1. The standard InChI is InChI=1S/C8H8ClNO2S/c9-7-5(2-4-13-7)10-8(11)6-1-3-12-6/h2,4,6H,1,3H2,(H,10,11). The molecule has 0 aromatic carbocycles. The molecule has 0 saturated carbocycles. The van der Waals surface area contributed by atoms with Gasteiger partial charge < -0.3 is 10.1 Å². The van der Waals surface area contributed by atoms with Gasteiger partial charge in [-0.15, -0.1) is 11.3 Å². The Balaban J connectivity index is 1.97.